The van der Waals surface area contributed by atoms with Gasteiger partial charge in [-0.1, -0.05) is 38.2 Å². The molecule has 0 radical (unpaired) electrons. The fourth-order valence-electron chi connectivity index (χ4n) is 4.92. The lowest BCUT2D eigenvalue weighted by Crippen LogP contribution is -2.51. The molecule has 2 aliphatic carbocycles. The van der Waals surface area contributed by atoms with Gasteiger partial charge in [0, 0.05) is 34.8 Å². The van der Waals surface area contributed by atoms with E-state index in [1.165, 1.54) is 0 Å². The van der Waals surface area contributed by atoms with Gasteiger partial charge < -0.3 is 10.2 Å². The summed E-state index contributed by atoms with van der Waals surface area (Å²) in [5.41, 5.74) is 1.37. The molecule has 0 aromatic heterocycles. The second-order valence-electron chi connectivity index (χ2n) is 7.12. The first-order chi connectivity index (χ1) is 11.2. The molecule has 0 amide bonds. The van der Waals surface area contributed by atoms with Crippen LogP contribution in [0.3, 0.4) is 0 Å². The summed E-state index contributed by atoms with van der Waals surface area (Å²) in [5, 5.41) is 3.53. The lowest BCUT2D eigenvalue weighted by atomic mass is 9.70. The van der Waals surface area contributed by atoms with E-state index >= 15 is 0 Å². The Morgan fingerprint density at radius 1 is 1.26 bits per heavy atom. The van der Waals surface area contributed by atoms with Crippen molar-refractivity contribution >= 4 is 0 Å². The quantitative estimate of drug-likeness (QED) is 0.752. The molecule has 4 aliphatic rings. The molecule has 1 N–H and O–H groups in total. The first-order valence-electron chi connectivity index (χ1n) is 8.82. The zero-order valence-electron chi connectivity index (χ0n) is 13.9. The topological polar surface area (TPSA) is 15.3 Å². The molecule has 2 aliphatic heterocycles. The van der Waals surface area contributed by atoms with Crippen molar-refractivity contribution in [3.05, 3.63) is 60.4 Å². The van der Waals surface area contributed by atoms with Crippen molar-refractivity contribution in [2.45, 2.75) is 45.7 Å². The van der Waals surface area contributed by atoms with Crippen molar-refractivity contribution in [1.29, 1.82) is 0 Å². The SMILES string of the molecule is CCC=CC12CC1(C=CCC)C1NC=CN1C1=CC(F)=CCC12. The van der Waals surface area contributed by atoms with Gasteiger partial charge in [0.05, 0.1) is 0 Å². The number of piperidine rings is 1. The Bertz CT molecular complexity index is 657. The van der Waals surface area contributed by atoms with Gasteiger partial charge in [-0.25, -0.2) is 4.39 Å². The summed E-state index contributed by atoms with van der Waals surface area (Å²) in [6.07, 6.45) is 21.3. The predicted molar refractivity (Wildman–Crippen MR) is 91.6 cm³/mol. The van der Waals surface area contributed by atoms with Gasteiger partial charge in [0.2, 0.25) is 0 Å². The number of halogens is 1. The molecule has 0 aromatic rings. The van der Waals surface area contributed by atoms with Crippen LogP contribution >= 0.6 is 0 Å². The highest BCUT2D eigenvalue weighted by molar-refractivity contribution is 5.46. The molecule has 2 heterocycles. The number of nitrogens with zero attached hydrogens (tertiary/aromatic N) is 1. The molecule has 0 spiro atoms. The average molecular weight is 312 g/mol. The van der Waals surface area contributed by atoms with Crippen LogP contribution in [-0.4, -0.2) is 11.1 Å². The van der Waals surface area contributed by atoms with Gasteiger partial charge in [-0.05, 0) is 37.8 Å². The third-order valence-electron chi connectivity index (χ3n) is 6.00. The van der Waals surface area contributed by atoms with E-state index in [-0.39, 0.29) is 22.8 Å². The van der Waals surface area contributed by atoms with E-state index in [1.807, 2.05) is 6.20 Å². The van der Waals surface area contributed by atoms with Crippen LogP contribution in [0.4, 0.5) is 4.39 Å². The second-order valence-corrected chi connectivity index (χ2v) is 7.12. The van der Waals surface area contributed by atoms with Crippen LogP contribution in [0.1, 0.15) is 39.5 Å². The van der Waals surface area contributed by atoms with Gasteiger partial charge in [0.15, 0.2) is 0 Å². The number of allylic oxidation sites excluding steroid dienone is 7. The molecular formula is C20H25FN2. The molecule has 4 atom stereocenters. The summed E-state index contributed by atoms with van der Waals surface area (Å²) in [7, 11) is 0. The van der Waals surface area contributed by atoms with Crippen LogP contribution in [0.2, 0.25) is 0 Å². The highest BCUT2D eigenvalue weighted by Gasteiger charge is 2.75. The zero-order chi connectivity index (χ0) is 16.1. The fourth-order valence-corrected chi connectivity index (χ4v) is 4.92. The van der Waals surface area contributed by atoms with Crippen LogP contribution < -0.4 is 5.32 Å². The summed E-state index contributed by atoms with van der Waals surface area (Å²) in [6.45, 7) is 4.37. The molecule has 122 valence electrons. The number of rotatable bonds is 4. The van der Waals surface area contributed by atoms with Crippen molar-refractivity contribution in [2.24, 2.45) is 16.7 Å². The molecule has 3 heteroatoms. The van der Waals surface area contributed by atoms with E-state index in [9.17, 15) is 4.39 Å². The van der Waals surface area contributed by atoms with Crippen molar-refractivity contribution in [3.8, 4) is 0 Å². The second kappa shape index (κ2) is 5.12. The third kappa shape index (κ3) is 1.85. The smallest absolute Gasteiger partial charge is 0.121 e. The van der Waals surface area contributed by atoms with E-state index in [4.69, 9.17) is 0 Å². The molecule has 1 saturated heterocycles. The Morgan fingerprint density at radius 3 is 2.74 bits per heavy atom. The first kappa shape index (κ1) is 14.8. The van der Waals surface area contributed by atoms with E-state index in [0.29, 0.717) is 5.92 Å². The lowest BCUT2D eigenvalue weighted by Gasteiger charge is -2.47. The number of hydrogen-bond acceptors (Lipinski definition) is 2. The summed E-state index contributed by atoms with van der Waals surface area (Å²) < 4.78 is 13.9. The van der Waals surface area contributed by atoms with Gasteiger partial charge in [-0.2, -0.15) is 0 Å². The molecular weight excluding hydrogens is 287 g/mol. The zero-order valence-corrected chi connectivity index (χ0v) is 13.9. The summed E-state index contributed by atoms with van der Waals surface area (Å²) in [6, 6.07) is 0. The summed E-state index contributed by atoms with van der Waals surface area (Å²) in [5.74, 6) is 0.272. The maximum absolute atomic E-state index is 13.9. The predicted octanol–water partition coefficient (Wildman–Crippen LogP) is 4.77. The van der Waals surface area contributed by atoms with Crippen molar-refractivity contribution in [2.75, 3.05) is 0 Å². The van der Waals surface area contributed by atoms with Crippen molar-refractivity contribution < 1.29 is 4.39 Å². The molecule has 2 nitrogen and oxygen atoms in total. The minimum atomic E-state index is -0.0952. The lowest BCUT2D eigenvalue weighted by molar-refractivity contribution is 0.128. The maximum Gasteiger partial charge on any atom is 0.121 e. The van der Waals surface area contributed by atoms with Gasteiger partial charge in [0.1, 0.15) is 12.0 Å². The molecule has 4 unspecified atom stereocenters. The van der Waals surface area contributed by atoms with Crippen LogP contribution in [0.25, 0.3) is 0 Å². The standard InChI is InChI=1S/C20H25FN2/c1-3-5-9-19-14-20(19,10-6-4-2)18-22-11-12-23(18)17-13-15(21)7-8-16(17)19/h5-7,9-13,16,18,22H,3-4,8,14H2,1-2H3. The Labute approximate surface area is 138 Å². The summed E-state index contributed by atoms with van der Waals surface area (Å²) in [4.78, 5) is 2.27. The molecule has 23 heavy (non-hydrogen) atoms. The molecule has 0 aromatic carbocycles. The highest BCUT2D eigenvalue weighted by Crippen LogP contribution is 2.77. The van der Waals surface area contributed by atoms with Crippen molar-refractivity contribution in [3.63, 3.8) is 0 Å². The van der Waals surface area contributed by atoms with Crippen LogP contribution in [0.5, 0.6) is 0 Å². The minimum Gasteiger partial charge on any atom is -0.369 e. The molecule has 4 rings (SSSR count). The van der Waals surface area contributed by atoms with Crippen molar-refractivity contribution in [1.82, 2.24) is 10.2 Å². The van der Waals surface area contributed by atoms with Gasteiger partial charge in [0.25, 0.3) is 0 Å². The van der Waals surface area contributed by atoms with E-state index in [1.54, 1.807) is 12.2 Å². The number of hydrogen-bond donors (Lipinski definition) is 1. The largest absolute Gasteiger partial charge is 0.369 e. The average Bonchev–Trinajstić information content (AvgIpc) is 2.96. The van der Waals surface area contributed by atoms with Gasteiger partial charge in [-0.15, -0.1) is 0 Å². The Kier molecular flexibility index (Phi) is 3.29. The summed E-state index contributed by atoms with van der Waals surface area (Å²) >= 11 is 0. The Hall–Kier alpha value is -1.77. The van der Waals surface area contributed by atoms with Crippen LogP contribution in [0.15, 0.2) is 60.4 Å². The number of fused-ring (bicyclic) bond motifs is 6. The number of nitrogens with one attached hydrogen (secondary N) is 1. The van der Waals surface area contributed by atoms with Crippen LogP contribution in [-0.2, 0) is 0 Å². The van der Waals surface area contributed by atoms with Gasteiger partial charge in [-0.3, -0.25) is 0 Å². The van der Waals surface area contributed by atoms with E-state index < -0.39 is 0 Å². The van der Waals surface area contributed by atoms with E-state index in [0.717, 1.165) is 31.4 Å². The Morgan fingerprint density at radius 2 is 2.00 bits per heavy atom. The van der Waals surface area contributed by atoms with Crippen LogP contribution in [0, 0.1) is 16.7 Å². The molecule has 1 saturated carbocycles. The minimum absolute atomic E-state index is 0.0952. The fraction of sp³-hybridized carbons (Fsp3) is 0.500. The normalized spacial score (nSPS) is 40.6. The highest BCUT2D eigenvalue weighted by atomic mass is 19.1. The monoisotopic (exact) mass is 312 g/mol. The molecule has 0 bridgehead atoms. The third-order valence-corrected chi connectivity index (χ3v) is 6.00. The van der Waals surface area contributed by atoms with E-state index in [2.05, 4.69) is 54.6 Å². The van der Waals surface area contributed by atoms with Gasteiger partial charge >= 0.3 is 0 Å². The first-order valence-corrected chi connectivity index (χ1v) is 8.82. The molecule has 2 fully saturated rings. The maximum atomic E-state index is 13.9. The Balaban J connectivity index is 1.83.